The van der Waals surface area contributed by atoms with E-state index >= 15 is 4.39 Å². The van der Waals surface area contributed by atoms with Gasteiger partial charge in [-0.2, -0.15) is 0 Å². The molecule has 158 valence electrons. The molecule has 3 heterocycles. The van der Waals surface area contributed by atoms with Crippen LogP contribution in [0.15, 0.2) is 54.2 Å². The minimum absolute atomic E-state index is 0.309. The van der Waals surface area contributed by atoms with Crippen molar-refractivity contribution in [3.05, 3.63) is 76.1 Å². The van der Waals surface area contributed by atoms with Crippen LogP contribution >= 0.6 is 22.9 Å². The molecule has 5 nitrogen and oxygen atoms in total. The summed E-state index contributed by atoms with van der Waals surface area (Å²) in [7, 11) is 0. The predicted octanol–water partition coefficient (Wildman–Crippen LogP) is 4.63. The first kappa shape index (κ1) is 20.3. The summed E-state index contributed by atoms with van der Waals surface area (Å²) in [5.41, 5.74) is 4.94. The number of hydrogen-bond donors (Lipinski definition) is 2. The zero-order chi connectivity index (χ0) is 21.5. The van der Waals surface area contributed by atoms with Gasteiger partial charge in [-0.25, -0.2) is 14.4 Å². The summed E-state index contributed by atoms with van der Waals surface area (Å²) in [4.78, 5) is 10.7. The monoisotopic (exact) mass is 455 g/mol. The second-order valence-corrected chi connectivity index (χ2v) is 8.92. The molecule has 0 aliphatic carbocycles. The van der Waals surface area contributed by atoms with Crippen molar-refractivity contribution < 1.29 is 14.6 Å². The maximum atomic E-state index is 15.6. The van der Waals surface area contributed by atoms with Gasteiger partial charge in [-0.15, -0.1) is 11.3 Å². The lowest BCUT2D eigenvalue weighted by atomic mass is 9.97. The van der Waals surface area contributed by atoms with Crippen molar-refractivity contribution in [3.63, 3.8) is 0 Å². The third-order valence-corrected chi connectivity index (χ3v) is 6.67. The van der Waals surface area contributed by atoms with Gasteiger partial charge in [-0.05, 0) is 47.4 Å². The third kappa shape index (κ3) is 3.78. The maximum Gasteiger partial charge on any atom is 0.172 e. The number of pyridine rings is 1. The number of rotatable bonds is 5. The quantitative estimate of drug-likeness (QED) is 0.429. The average Bonchev–Trinajstić information content (AvgIpc) is 3.16. The number of hydrogen-bond acceptors (Lipinski definition) is 6. The summed E-state index contributed by atoms with van der Waals surface area (Å²) in [5, 5.41) is 19.4. The van der Waals surface area contributed by atoms with E-state index in [-0.39, 0.29) is 11.9 Å². The van der Waals surface area contributed by atoms with Crippen molar-refractivity contribution in [3.8, 4) is 11.1 Å². The van der Waals surface area contributed by atoms with Crippen molar-refractivity contribution in [2.45, 2.75) is 25.2 Å². The molecule has 1 aliphatic heterocycles. The summed E-state index contributed by atoms with van der Waals surface area (Å²) < 4.78 is 16.5. The van der Waals surface area contributed by atoms with Crippen molar-refractivity contribution >= 4 is 39.0 Å². The topological polar surface area (TPSA) is 69.5 Å². The molecule has 31 heavy (non-hydrogen) atoms. The van der Waals surface area contributed by atoms with Gasteiger partial charge in [0.05, 0.1) is 21.8 Å². The van der Waals surface area contributed by atoms with E-state index in [0.717, 1.165) is 16.8 Å². The molecule has 0 radical (unpaired) electrons. The second kappa shape index (κ2) is 8.16. The molecule has 4 aromatic rings. The lowest BCUT2D eigenvalue weighted by molar-refractivity contribution is -0.0717. The number of thiazole rings is 1. The van der Waals surface area contributed by atoms with E-state index in [4.69, 9.17) is 11.6 Å². The summed E-state index contributed by atoms with van der Waals surface area (Å²) in [6, 6.07) is 12.4. The van der Waals surface area contributed by atoms with Crippen LogP contribution in [0.25, 0.3) is 21.3 Å². The van der Waals surface area contributed by atoms with Gasteiger partial charge in [0, 0.05) is 29.7 Å². The second-order valence-electron chi connectivity index (χ2n) is 7.60. The van der Waals surface area contributed by atoms with E-state index in [2.05, 4.69) is 9.97 Å². The van der Waals surface area contributed by atoms with E-state index in [9.17, 15) is 10.2 Å². The van der Waals surface area contributed by atoms with Gasteiger partial charge in [0.15, 0.2) is 6.29 Å². The van der Waals surface area contributed by atoms with Gasteiger partial charge >= 0.3 is 0 Å². The first-order valence-corrected chi connectivity index (χ1v) is 11.2. The summed E-state index contributed by atoms with van der Waals surface area (Å²) in [6.45, 7) is 0.730. The van der Waals surface area contributed by atoms with E-state index in [1.807, 2.05) is 29.2 Å². The van der Waals surface area contributed by atoms with Gasteiger partial charge in [0.25, 0.3) is 0 Å². The van der Waals surface area contributed by atoms with Crippen LogP contribution < -0.4 is 4.90 Å². The molecular formula is C23H19ClFN3O2S. The fraction of sp³-hybridized carbons (Fsp3) is 0.217. The van der Waals surface area contributed by atoms with Crippen LogP contribution in [-0.2, 0) is 6.42 Å². The van der Waals surface area contributed by atoms with Crippen LogP contribution in [0.1, 0.15) is 17.5 Å². The zero-order valence-electron chi connectivity index (χ0n) is 16.4. The highest BCUT2D eigenvalue weighted by Gasteiger charge is 2.33. The molecule has 1 unspecified atom stereocenters. The number of benzene rings is 2. The van der Waals surface area contributed by atoms with Crippen molar-refractivity contribution in [1.29, 1.82) is 0 Å². The van der Waals surface area contributed by atoms with Gasteiger partial charge < -0.3 is 15.1 Å². The standard InChI is InChI=1S/C23H19ClFN3O2S/c24-16-3-1-2-14(9-16)20-21(25)15(10-18-22(20)27-12-31-18)8-13-4-5-19(26-11-13)28-7-6-17(28)23(29)30/h1-5,9-12,17,23,29-30H,6-8H2. The van der Waals surface area contributed by atoms with Crippen molar-refractivity contribution in [2.24, 2.45) is 0 Å². The summed E-state index contributed by atoms with van der Waals surface area (Å²) in [5.74, 6) is 0.377. The average molecular weight is 456 g/mol. The highest BCUT2D eigenvalue weighted by molar-refractivity contribution is 7.16. The van der Waals surface area contributed by atoms with Crippen LogP contribution in [0.2, 0.25) is 5.02 Å². The van der Waals surface area contributed by atoms with Crippen LogP contribution in [0, 0.1) is 5.82 Å². The highest BCUT2D eigenvalue weighted by Crippen LogP contribution is 2.36. The number of anilines is 1. The highest BCUT2D eigenvalue weighted by atomic mass is 35.5. The molecule has 1 aliphatic rings. The van der Waals surface area contributed by atoms with Gasteiger partial charge in [-0.1, -0.05) is 29.8 Å². The van der Waals surface area contributed by atoms with Crippen LogP contribution in [0.4, 0.5) is 10.2 Å². The molecule has 2 aromatic carbocycles. The van der Waals surface area contributed by atoms with Crippen molar-refractivity contribution in [2.75, 3.05) is 11.4 Å². The van der Waals surface area contributed by atoms with E-state index in [1.54, 1.807) is 29.9 Å². The Balaban J connectivity index is 1.48. The molecule has 2 N–H and O–H groups in total. The fourth-order valence-corrected chi connectivity index (χ4v) is 4.92. The number of fused-ring (bicyclic) bond motifs is 1. The Hall–Kier alpha value is -2.58. The number of nitrogens with zero attached hydrogens (tertiary/aromatic N) is 3. The molecule has 1 saturated heterocycles. The first-order valence-electron chi connectivity index (χ1n) is 9.89. The maximum absolute atomic E-state index is 15.6. The summed E-state index contributed by atoms with van der Waals surface area (Å²) >= 11 is 7.62. The van der Waals surface area contributed by atoms with Gasteiger partial charge in [-0.3, -0.25) is 0 Å². The Kier molecular flexibility index (Phi) is 5.35. The molecule has 0 saturated carbocycles. The fourth-order valence-electron chi connectivity index (χ4n) is 3.98. The smallest absolute Gasteiger partial charge is 0.172 e. The van der Waals surface area contributed by atoms with Crippen molar-refractivity contribution in [1.82, 2.24) is 9.97 Å². The number of aliphatic hydroxyl groups excluding tert-OH is 1. The zero-order valence-corrected chi connectivity index (χ0v) is 17.9. The summed E-state index contributed by atoms with van der Waals surface area (Å²) in [6.07, 6.45) is 1.42. The van der Waals surface area contributed by atoms with E-state index in [0.29, 0.717) is 45.9 Å². The van der Waals surface area contributed by atoms with Crippen LogP contribution in [-0.4, -0.2) is 39.1 Å². The Morgan fingerprint density at radius 2 is 2.06 bits per heavy atom. The molecule has 0 spiro atoms. The molecule has 1 atom stereocenters. The Morgan fingerprint density at radius 3 is 2.74 bits per heavy atom. The van der Waals surface area contributed by atoms with Gasteiger partial charge in [0.2, 0.25) is 0 Å². The third-order valence-electron chi connectivity index (χ3n) is 5.66. The normalized spacial score (nSPS) is 16.2. The lowest BCUT2D eigenvalue weighted by Gasteiger charge is -2.42. The predicted molar refractivity (Wildman–Crippen MR) is 121 cm³/mol. The number of aliphatic hydroxyl groups is 2. The first-order chi connectivity index (χ1) is 15.0. The van der Waals surface area contributed by atoms with Crippen LogP contribution in [0.5, 0.6) is 0 Å². The Bertz CT molecular complexity index is 1250. The molecule has 5 rings (SSSR count). The molecular weight excluding hydrogens is 437 g/mol. The number of halogens is 2. The molecule has 0 amide bonds. The molecule has 1 fully saturated rings. The SMILES string of the molecule is OC(O)C1CCN1c1ccc(Cc2cc3scnc3c(-c3cccc(Cl)c3)c2F)cn1. The van der Waals surface area contributed by atoms with E-state index in [1.165, 1.54) is 11.3 Å². The Labute approximate surface area is 187 Å². The van der Waals surface area contributed by atoms with Gasteiger partial charge in [0.1, 0.15) is 11.6 Å². The minimum atomic E-state index is -1.39. The molecule has 2 aromatic heterocycles. The van der Waals surface area contributed by atoms with E-state index < -0.39 is 6.29 Å². The largest absolute Gasteiger partial charge is 0.366 e. The lowest BCUT2D eigenvalue weighted by Crippen LogP contribution is -2.54. The Morgan fingerprint density at radius 1 is 1.19 bits per heavy atom. The number of aromatic nitrogens is 2. The van der Waals surface area contributed by atoms with Crippen LogP contribution in [0.3, 0.4) is 0 Å². The minimum Gasteiger partial charge on any atom is -0.366 e. The molecule has 0 bridgehead atoms. The molecule has 8 heteroatoms.